The van der Waals surface area contributed by atoms with E-state index in [4.69, 9.17) is 15.3 Å². The SMILES string of the molecule is O=C(OCC(O)CO)C(O)Cc1ccc(O)c(O)c1. The minimum Gasteiger partial charge on any atom is -0.504 e. The van der Waals surface area contributed by atoms with Crippen LogP contribution in [0, 0.1) is 0 Å². The number of carbonyl (C=O) groups is 1. The second-order valence-electron chi connectivity index (χ2n) is 4.01. The molecule has 0 aliphatic heterocycles. The molecule has 1 aromatic carbocycles. The smallest absolute Gasteiger partial charge is 0.335 e. The summed E-state index contributed by atoms with van der Waals surface area (Å²) in [7, 11) is 0. The highest BCUT2D eigenvalue weighted by Crippen LogP contribution is 2.25. The van der Waals surface area contributed by atoms with Crippen LogP contribution in [0.15, 0.2) is 18.2 Å². The molecule has 0 saturated heterocycles. The zero-order valence-electron chi connectivity index (χ0n) is 10.1. The normalized spacial score (nSPS) is 13.8. The van der Waals surface area contributed by atoms with Gasteiger partial charge in [0.25, 0.3) is 0 Å². The van der Waals surface area contributed by atoms with Crippen LogP contribution in [0.4, 0.5) is 0 Å². The van der Waals surface area contributed by atoms with Crippen LogP contribution in [-0.2, 0) is 16.0 Å². The zero-order chi connectivity index (χ0) is 14.4. The molecule has 2 unspecified atom stereocenters. The first kappa shape index (κ1) is 15.2. The number of aliphatic hydroxyl groups is 3. The van der Waals surface area contributed by atoms with Crippen LogP contribution in [0.3, 0.4) is 0 Å². The topological polar surface area (TPSA) is 127 Å². The molecule has 1 rings (SSSR count). The van der Waals surface area contributed by atoms with Crippen molar-refractivity contribution in [3.8, 4) is 11.5 Å². The lowest BCUT2D eigenvalue weighted by atomic mass is 10.1. The Bertz CT molecular complexity index is 432. The fourth-order valence-corrected chi connectivity index (χ4v) is 1.33. The Morgan fingerprint density at radius 1 is 1.21 bits per heavy atom. The molecule has 0 aromatic heterocycles. The van der Waals surface area contributed by atoms with Gasteiger partial charge in [-0.1, -0.05) is 6.07 Å². The van der Waals surface area contributed by atoms with Crippen molar-refractivity contribution in [2.75, 3.05) is 13.2 Å². The van der Waals surface area contributed by atoms with Crippen molar-refractivity contribution in [3.05, 3.63) is 23.8 Å². The molecular weight excluding hydrogens is 256 g/mol. The number of hydrogen-bond donors (Lipinski definition) is 5. The van der Waals surface area contributed by atoms with Crippen LogP contribution in [-0.4, -0.2) is 56.9 Å². The average Bonchev–Trinajstić information content (AvgIpc) is 2.39. The molecule has 7 nitrogen and oxygen atoms in total. The number of phenols is 2. The van der Waals surface area contributed by atoms with Crippen molar-refractivity contribution in [1.82, 2.24) is 0 Å². The number of phenolic OH excluding ortho intramolecular Hbond substituents is 2. The number of carbonyl (C=O) groups excluding carboxylic acids is 1. The summed E-state index contributed by atoms with van der Waals surface area (Å²) in [4.78, 5) is 11.3. The van der Waals surface area contributed by atoms with Crippen molar-refractivity contribution in [1.29, 1.82) is 0 Å². The molecule has 0 aliphatic carbocycles. The highest BCUT2D eigenvalue weighted by molar-refractivity contribution is 5.74. The molecule has 7 heteroatoms. The Labute approximate surface area is 109 Å². The lowest BCUT2D eigenvalue weighted by Gasteiger charge is -2.13. The predicted molar refractivity (Wildman–Crippen MR) is 63.5 cm³/mol. The lowest BCUT2D eigenvalue weighted by molar-refractivity contribution is -0.157. The van der Waals surface area contributed by atoms with E-state index in [1.165, 1.54) is 18.2 Å². The number of hydrogen-bond acceptors (Lipinski definition) is 7. The van der Waals surface area contributed by atoms with Crippen molar-refractivity contribution >= 4 is 5.97 Å². The molecule has 0 radical (unpaired) electrons. The van der Waals surface area contributed by atoms with Gasteiger partial charge in [0.1, 0.15) is 12.7 Å². The van der Waals surface area contributed by atoms with Gasteiger partial charge in [0.2, 0.25) is 0 Å². The Balaban J connectivity index is 2.51. The van der Waals surface area contributed by atoms with E-state index in [1.54, 1.807) is 0 Å². The van der Waals surface area contributed by atoms with Crippen LogP contribution in [0.2, 0.25) is 0 Å². The maximum absolute atomic E-state index is 11.3. The summed E-state index contributed by atoms with van der Waals surface area (Å²) < 4.78 is 4.57. The molecule has 0 amide bonds. The monoisotopic (exact) mass is 272 g/mol. The van der Waals surface area contributed by atoms with E-state index < -0.39 is 31.4 Å². The van der Waals surface area contributed by atoms with Gasteiger partial charge >= 0.3 is 5.97 Å². The van der Waals surface area contributed by atoms with Gasteiger partial charge in [-0.25, -0.2) is 4.79 Å². The van der Waals surface area contributed by atoms with Crippen LogP contribution < -0.4 is 0 Å². The molecule has 0 bridgehead atoms. The number of benzene rings is 1. The largest absolute Gasteiger partial charge is 0.504 e. The summed E-state index contributed by atoms with van der Waals surface area (Å²) in [5.74, 6) is -1.60. The van der Waals surface area contributed by atoms with Gasteiger partial charge in [0.05, 0.1) is 6.61 Å². The van der Waals surface area contributed by atoms with E-state index in [-0.39, 0.29) is 17.9 Å². The Morgan fingerprint density at radius 3 is 2.47 bits per heavy atom. The second kappa shape index (κ2) is 6.93. The van der Waals surface area contributed by atoms with Crippen LogP contribution in [0.5, 0.6) is 11.5 Å². The van der Waals surface area contributed by atoms with Crippen molar-refractivity contribution in [2.45, 2.75) is 18.6 Å². The Morgan fingerprint density at radius 2 is 1.89 bits per heavy atom. The molecule has 106 valence electrons. The third kappa shape index (κ3) is 4.74. The van der Waals surface area contributed by atoms with Gasteiger partial charge in [0, 0.05) is 6.42 Å². The highest BCUT2D eigenvalue weighted by Gasteiger charge is 2.19. The number of rotatable bonds is 6. The molecule has 0 heterocycles. The molecule has 0 fully saturated rings. The first-order chi connectivity index (χ1) is 8.93. The average molecular weight is 272 g/mol. The number of aromatic hydroxyl groups is 2. The summed E-state index contributed by atoms with van der Waals surface area (Å²) in [6.07, 6.45) is -2.76. The van der Waals surface area contributed by atoms with Gasteiger partial charge in [-0.05, 0) is 17.7 Å². The van der Waals surface area contributed by atoms with Crippen LogP contribution >= 0.6 is 0 Å². The molecule has 5 N–H and O–H groups in total. The van der Waals surface area contributed by atoms with E-state index in [9.17, 15) is 15.0 Å². The number of aliphatic hydroxyl groups excluding tert-OH is 3. The predicted octanol–water partition coefficient (Wildman–Crippen LogP) is -1.10. The third-order valence-electron chi connectivity index (χ3n) is 2.37. The summed E-state index contributed by atoms with van der Waals surface area (Å²) >= 11 is 0. The van der Waals surface area contributed by atoms with Gasteiger partial charge in [-0.15, -0.1) is 0 Å². The maximum atomic E-state index is 11.3. The van der Waals surface area contributed by atoms with Crippen molar-refractivity contribution < 1.29 is 35.1 Å². The number of esters is 1. The summed E-state index contributed by atoms with van der Waals surface area (Å²) in [6, 6.07) is 3.89. The quantitative estimate of drug-likeness (QED) is 0.328. The second-order valence-corrected chi connectivity index (χ2v) is 4.01. The summed E-state index contributed by atoms with van der Waals surface area (Å²) in [5, 5.41) is 45.4. The van der Waals surface area contributed by atoms with E-state index >= 15 is 0 Å². The van der Waals surface area contributed by atoms with E-state index in [0.717, 1.165) is 0 Å². The Hall–Kier alpha value is -1.83. The minimum atomic E-state index is -1.46. The van der Waals surface area contributed by atoms with Crippen molar-refractivity contribution in [3.63, 3.8) is 0 Å². The van der Waals surface area contributed by atoms with E-state index in [1.807, 2.05) is 0 Å². The molecule has 0 saturated carbocycles. The standard InChI is InChI=1S/C12H16O7/c13-5-8(14)6-19-12(18)11(17)4-7-1-2-9(15)10(16)3-7/h1-3,8,11,13-17H,4-6H2. The molecule has 1 aromatic rings. The fraction of sp³-hybridized carbons (Fsp3) is 0.417. The Kier molecular flexibility index (Phi) is 5.56. The van der Waals surface area contributed by atoms with Gasteiger partial charge in [-0.2, -0.15) is 0 Å². The number of ether oxygens (including phenoxy) is 1. The zero-order valence-corrected chi connectivity index (χ0v) is 10.1. The first-order valence-electron chi connectivity index (χ1n) is 5.58. The fourth-order valence-electron chi connectivity index (χ4n) is 1.33. The lowest BCUT2D eigenvalue weighted by Crippen LogP contribution is -2.29. The molecule has 0 spiro atoms. The van der Waals surface area contributed by atoms with Gasteiger partial charge < -0.3 is 30.3 Å². The first-order valence-corrected chi connectivity index (χ1v) is 5.58. The molecule has 0 aliphatic rings. The van der Waals surface area contributed by atoms with E-state index in [2.05, 4.69) is 4.74 Å². The van der Waals surface area contributed by atoms with E-state index in [0.29, 0.717) is 5.56 Å². The summed E-state index contributed by atoms with van der Waals surface area (Å²) in [6.45, 7) is -0.956. The van der Waals surface area contributed by atoms with Crippen LogP contribution in [0.1, 0.15) is 5.56 Å². The molecular formula is C12H16O7. The molecule has 19 heavy (non-hydrogen) atoms. The minimum absolute atomic E-state index is 0.109. The maximum Gasteiger partial charge on any atom is 0.335 e. The highest BCUT2D eigenvalue weighted by atomic mass is 16.6. The van der Waals surface area contributed by atoms with Crippen molar-refractivity contribution in [2.24, 2.45) is 0 Å². The third-order valence-corrected chi connectivity index (χ3v) is 2.37. The molecule has 2 atom stereocenters. The summed E-state index contributed by atoms with van der Waals surface area (Å²) in [5.41, 5.74) is 0.433. The van der Waals surface area contributed by atoms with Gasteiger partial charge in [-0.3, -0.25) is 0 Å². The van der Waals surface area contributed by atoms with Crippen LogP contribution in [0.25, 0.3) is 0 Å². The van der Waals surface area contributed by atoms with Gasteiger partial charge in [0.15, 0.2) is 17.6 Å².